The van der Waals surface area contributed by atoms with E-state index in [9.17, 15) is 4.79 Å². The minimum Gasteiger partial charge on any atom is -0.480 e. The third kappa shape index (κ3) is 3.31. The SMILES string of the molecule is NCCC(Sc1cnccn1)C(=O)O. The van der Waals surface area contributed by atoms with Gasteiger partial charge in [-0.1, -0.05) is 11.8 Å². The van der Waals surface area contributed by atoms with Crippen LogP contribution in [-0.4, -0.2) is 32.8 Å². The fourth-order valence-corrected chi connectivity index (χ4v) is 1.77. The summed E-state index contributed by atoms with van der Waals surface area (Å²) in [6, 6.07) is 0. The topological polar surface area (TPSA) is 89.1 Å². The molecule has 0 amide bonds. The van der Waals surface area contributed by atoms with Gasteiger partial charge in [0.15, 0.2) is 0 Å². The number of aromatic nitrogens is 2. The molecule has 0 aliphatic heterocycles. The second-order valence-corrected chi connectivity index (χ2v) is 3.79. The summed E-state index contributed by atoms with van der Waals surface area (Å²) < 4.78 is 0. The largest absolute Gasteiger partial charge is 0.480 e. The van der Waals surface area contributed by atoms with Gasteiger partial charge in [-0.05, 0) is 13.0 Å². The zero-order valence-electron chi connectivity index (χ0n) is 7.46. The Kier molecular flexibility index (Phi) is 4.34. The third-order valence-corrected chi connectivity index (χ3v) is 2.68. The highest BCUT2D eigenvalue weighted by atomic mass is 32.2. The van der Waals surface area contributed by atoms with Gasteiger partial charge in [0.25, 0.3) is 0 Å². The van der Waals surface area contributed by atoms with Crippen LogP contribution in [0, 0.1) is 0 Å². The summed E-state index contributed by atoms with van der Waals surface area (Å²) in [5.41, 5.74) is 5.31. The molecule has 0 aliphatic rings. The Balaban J connectivity index is 2.60. The van der Waals surface area contributed by atoms with Crippen LogP contribution in [0.15, 0.2) is 23.6 Å². The predicted molar refractivity (Wildman–Crippen MR) is 53.0 cm³/mol. The smallest absolute Gasteiger partial charge is 0.317 e. The molecule has 3 N–H and O–H groups in total. The van der Waals surface area contributed by atoms with Crippen LogP contribution in [0.3, 0.4) is 0 Å². The van der Waals surface area contributed by atoms with Crippen molar-refractivity contribution >= 4 is 17.7 Å². The summed E-state index contributed by atoms with van der Waals surface area (Å²) in [5, 5.41) is 8.90. The number of nitrogens with two attached hydrogens (primary N) is 1. The molecule has 76 valence electrons. The molecule has 0 saturated carbocycles. The van der Waals surface area contributed by atoms with Crippen molar-refractivity contribution in [1.29, 1.82) is 0 Å². The number of rotatable bonds is 5. The second kappa shape index (κ2) is 5.56. The molecule has 6 heteroatoms. The van der Waals surface area contributed by atoms with Crippen molar-refractivity contribution in [3.63, 3.8) is 0 Å². The first kappa shape index (κ1) is 10.9. The molecule has 0 spiro atoms. The standard InChI is InChI=1S/C8H11N3O2S/c9-2-1-6(8(12)13)14-7-5-10-3-4-11-7/h3-6H,1-2,9H2,(H,12,13). The molecule has 1 heterocycles. The molecule has 0 aromatic carbocycles. The molecular formula is C8H11N3O2S. The average molecular weight is 213 g/mol. The molecule has 1 unspecified atom stereocenters. The number of carbonyl (C=O) groups is 1. The Morgan fingerprint density at radius 2 is 2.43 bits per heavy atom. The number of hydrogen-bond donors (Lipinski definition) is 2. The number of hydrogen-bond acceptors (Lipinski definition) is 5. The van der Waals surface area contributed by atoms with Crippen LogP contribution in [0.5, 0.6) is 0 Å². The predicted octanol–water partition coefficient (Wildman–Crippen LogP) is 0.371. The van der Waals surface area contributed by atoms with Gasteiger partial charge in [-0.25, -0.2) is 4.98 Å². The van der Waals surface area contributed by atoms with Gasteiger partial charge in [0.2, 0.25) is 0 Å². The van der Waals surface area contributed by atoms with Gasteiger partial charge >= 0.3 is 5.97 Å². The number of thioether (sulfide) groups is 1. The van der Waals surface area contributed by atoms with Gasteiger partial charge in [-0.15, -0.1) is 0 Å². The van der Waals surface area contributed by atoms with Crippen molar-refractivity contribution in [2.24, 2.45) is 5.73 Å². The molecule has 0 aliphatic carbocycles. The Hall–Kier alpha value is -1.14. The van der Waals surface area contributed by atoms with E-state index in [0.29, 0.717) is 18.0 Å². The van der Waals surface area contributed by atoms with Gasteiger partial charge in [0.05, 0.1) is 6.20 Å². The first-order chi connectivity index (χ1) is 6.74. The van der Waals surface area contributed by atoms with E-state index in [1.165, 1.54) is 24.2 Å². The van der Waals surface area contributed by atoms with E-state index in [1.807, 2.05) is 0 Å². The van der Waals surface area contributed by atoms with Crippen molar-refractivity contribution in [1.82, 2.24) is 9.97 Å². The van der Waals surface area contributed by atoms with Gasteiger partial charge in [-0.2, -0.15) is 0 Å². The van der Waals surface area contributed by atoms with Crippen LogP contribution in [-0.2, 0) is 4.79 Å². The Labute approximate surface area is 85.7 Å². The number of carboxylic acids is 1. The van der Waals surface area contributed by atoms with Gasteiger partial charge in [0, 0.05) is 12.4 Å². The first-order valence-electron chi connectivity index (χ1n) is 4.09. The van der Waals surface area contributed by atoms with E-state index < -0.39 is 11.2 Å². The van der Waals surface area contributed by atoms with E-state index in [0.717, 1.165) is 0 Å². The lowest BCUT2D eigenvalue weighted by Crippen LogP contribution is -2.20. The lowest BCUT2D eigenvalue weighted by molar-refractivity contribution is -0.136. The fourth-order valence-electron chi connectivity index (χ4n) is 0.876. The molecule has 1 atom stereocenters. The summed E-state index contributed by atoms with van der Waals surface area (Å²) in [7, 11) is 0. The van der Waals surface area contributed by atoms with Crippen LogP contribution in [0.1, 0.15) is 6.42 Å². The summed E-state index contributed by atoms with van der Waals surface area (Å²) >= 11 is 1.17. The second-order valence-electron chi connectivity index (χ2n) is 2.57. The lowest BCUT2D eigenvalue weighted by atomic mass is 10.3. The van der Waals surface area contributed by atoms with E-state index in [1.54, 1.807) is 6.20 Å². The Bertz CT molecular complexity index is 294. The quantitative estimate of drug-likeness (QED) is 0.687. The molecule has 1 aromatic rings. The fraction of sp³-hybridized carbons (Fsp3) is 0.375. The van der Waals surface area contributed by atoms with Crippen molar-refractivity contribution < 1.29 is 9.90 Å². The summed E-state index contributed by atoms with van der Waals surface area (Å²) in [4.78, 5) is 18.6. The van der Waals surface area contributed by atoms with Crippen molar-refractivity contribution in [3.8, 4) is 0 Å². The van der Waals surface area contributed by atoms with E-state index in [2.05, 4.69) is 9.97 Å². The van der Waals surface area contributed by atoms with Crippen molar-refractivity contribution in [2.75, 3.05) is 6.54 Å². The van der Waals surface area contributed by atoms with Crippen LogP contribution < -0.4 is 5.73 Å². The maximum atomic E-state index is 10.8. The van der Waals surface area contributed by atoms with E-state index in [4.69, 9.17) is 10.8 Å². The summed E-state index contributed by atoms with van der Waals surface area (Å²) in [6.45, 7) is 0.351. The third-order valence-electron chi connectivity index (χ3n) is 1.51. The maximum absolute atomic E-state index is 10.8. The first-order valence-corrected chi connectivity index (χ1v) is 4.97. The molecule has 1 rings (SSSR count). The lowest BCUT2D eigenvalue weighted by Gasteiger charge is -2.08. The molecule has 0 radical (unpaired) electrons. The van der Waals surface area contributed by atoms with Gasteiger partial charge in [-0.3, -0.25) is 9.78 Å². The van der Waals surface area contributed by atoms with Crippen LogP contribution in [0.4, 0.5) is 0 Å². The maximum Gasteiger partial charge on any atom is 0.317 e. The van der Waals surface area contributed by atoms with Crippen molar-refractivity contribution in [2.45, 2.75) is 16.7 Å². The highest BCUT2D eigenvalue weighted by Crippen LogP contribution is 2.22. The molecule has 0 bridgehead atoms. The van der Waals surface area contributed by atoms with Gasteiger partial charge < -0.3 is 10.8 Å². The Morgan fingerprint density at radius 3 is 2.93 bits per heavy atom. The molecule has 0 fully saturated rings. The zero-order valence-corrected chi connectivity index (χ0v) is 8.28. The monoisotopic (exact) mass is 213 g/mol. The Morgan fingerprint density at radius 1 is 1.64 bits per heavy atom. The van der Waals surface area contributed by atoms with Crippen molar-refractivity contribution in [3.05, 3.63) is 18.6 Å². The number of nitrogens with zero attached hydrogens (tertiary/aromatic N) is 2. The number of aliphatic carboxylic acids is 1. The van der Waals surface area contributed by atoms with E-state index in [-0.39, 0.29) is 0 Å². The summed E-state index contributed by atoms with van der Waals surface area (Å²) in [6.07, 6.45) is 5.04. The van der Waals surface area contributed by atoms with Gasteiger partial charge in [0.1, 0.15) is 10.3 Å². The number of carboxylic acid groups (broad SMARTS) is 1. The molecule has 0 saturated heterocycles. The molecule has 5 nitrogen and oxygen atoms in total. The normalized spacial score (nSPS) is 12.4. The average Bonchev–Trinajstić information content (AvgIpc) is 2.18. The van der Waals surface area contributed by atoms with E-state index >= 15 is 0 Å². The van der Waals surface area contributed by atoms with Crippen LogP contribution in [0.25, 0.3) is 0 Å². The highest BCUT2D eigenvalue weighted by molar-refractivity contribution is 8.00. The minimum absolute atomic E-state index is 0.351. The highest BCUT2D eigenvalue weighted by Gasteiger charge is 2.18. The zero-order chi connectivity index (χ0) is 10.4. The molecular weight excluding hydrogens is 202 g/mol. The van der Waals surface area contributed by atoms with Crippen LogP contribution >= 0.6 is 11.8 Å². The molecule has 14 heavy (non-hydrogen) atoms. The minimum atomic E-state index is -0.869. The molecule has 1 aromatic heterocycles. The van der Waals surface area contributed by atoms with Crippen LogP contribution in [0.2, 0.25) is 0 Å². The summed E-state index contributed by atoms with van der Waals surface area (Å²) in [5.74, 6) is -0.869.